The second kappa shape index (κ2) is 4.10. The third kappa shape index (κ3) is 2.86. The molecule has 0 aliphatic rings. The Bertz CT molecular complexity index is 334. The van der Waals surface area contributed by atoms with Crippen molar-refractivity contribution in [2.45, 2.75) is 12.2 Å². The summed E-state index contributed by atoms with van der Waals surface area (Å²) in [4.78, 5) is 1.73. The van der Waals surface area contributed by atoms with Crippen LogP contribution in [0.2, 0.25) is 0 Å². The molecule has 0 spiro atoms. The number of rotatable bonds is 2. The summed E-state index contributed by atoms with van der Waals surface area (Å²) in [6.45, 7) is 0. The monoisotopic (exact) mass is 218 g/mol. The van der Waals surface area contributed by atoms with Crippen LogP contribution in [-0.4, -0.2) is 20.3 Å². The molecule has 0 saturated carbocycles. The van der Waals surface area contributed by atoms with E-state index in [4.69, 9.17) is 5.73 Å². The summed E-state index contributed by atoms with van der Waals surface area (Å²) >= 11 is 0. The van der Waals surface area contributed by atoms with E-state index in [0.29, 0.717) is 5.69 Å². The Morgan fingerprint density at radius 2 is 1.87 bits per heavy atom. The quantitative estimate of drug-likeness (QED) is 0.825. The fourth-order valence-electron chi connectivity index (χ4n) is 1.19. The summed E-state index contributed by atoms with van der Waals surface area (Å²) in [5, 5.41) is 0. The lowest BCUT2D eigenvalue weighted by molar-refractivity contribution is -0.149. The van der Waals surface area contributed by atoms with Crippen LogP contribution in [0.15, 0.2) is 24.3 Å². The molecule has 0 fully saturated rings. The van der Waals surface area contributed by atoms with Crippen molar-refractivity contribution in [3.05, 3.63) is 29.8 Å². The van der Waals surface area contributed by atoms with E-state index in [1.807, 2.05) is 0 Å². The molecule has 15 heavy (non-hydrogen) atoms. The highest BCUT2D eigenvalue weighted by molar-refractivity contribution is 5.47. The summed E-state index contributed by atoms with van der Waals surface area (Å²) < 4.78 is 37.0. The minimum absolute atomic E-state index is 0.0775. The highest BCUT2D eigenvalue weighted by Crippen LogP contribution is 2.31. The molecule has 1 aromatic carbocycles. The van der Waals surface area contributed by atoms with Gasteiger partial charge in [0.1, 0.15) is 6.04 Å². The molecule has 1 atom stereocenters. The number of halogens is 3. The van der Waals surface area contributed by atoms with Crippen LogP contribution in [0.4, 0.5) is 18.9 Å². The third-order valence-corrected chi connectivity index (χ3v) is 2.10. The van der Waals surface area contributed by atoms with Crippen molar-refractivity contribution < 1.29 is 13.2 Å². The first-order valence-corrected chi connectivity index (χ1v) is 4.42. The summed E-state index contributed by atoms with van der Waals surface area (Å²) in [6, 6.07) is 4.20. The number of nitrogens with two attached hydrogens (primary N) is 1. The average molecular weight is 218 g/mol. The van der Waals surface area contributed by atoms with Gasteiger partial charge in [-0.2, -0.15) is 13.2 Å². The molecule has 0 aliphatic carbocycles. The fraction of sp³-hybridized carbons (Fsp3) is 0.400. The third-order valence-electron chi connectivity index (χ3n) is 2.10. The van der Waals surface area contributed by atoms with Gasteiger partial charge in [-0.05, 0) is 17.7 Å². The van der Waals surface area contributed by atoms with E-state index >= 15 is 0 Å². The lowest BCUT2D eigenvalue weighted by Gasteiger charge is -2.18. The zero-order chi connectivity index (χ0) is 11.6. The molecule has 84 valence electrons. The van der Waals surface area contributed by atoms with Crippen LogP contribution in [0.5, 0.6) is 0 Å². The highest BCUT2D eigenvalue weighted by atomic mass is 19.4. The molecule has 2 nitrogen and oxygen atoms in total. The Kier molecular flexibility index (Phi) is 3.24. The molecular weight excluding hydrogens is 205 g/mol. The van der Waals surface area contributed by atoms with E-state index in [9.17, 15) is 13.2 Å². The van der Waals surface area contributed by atoms with Gasteiger partial charge in [-0.3, -0.25) is 0 Å². The van der Waals surface area contributed by atoms with Gasteiger partial charge in [0.05, 0.1) is 0 Å². The smallest absolute Gasteiger partial charge is 0.378 e. The van der Waals surface area contributed by atoms with Crippen molar-refractivity contribution in [3.63, 3.8) is 0 Å². The lowest BCUT2D eigenvalue weighted by Crippen LogP contribution is -2.28. The van der Waals surface area contributed by atoms with Gasteiger partial charge in [0.25, 0.3) is 0 Å². The zero-order valence-electron chi connectivity index (χ0n) is 8.55. The summed E-state index contributed by atoms with van der Waals surface area (Å²) in [5.74, 6) is 0. The van der Waals surface area contributed by atoms with Gasteiger partial charge in [0.2, 0.25) is 0 Å². The Morgan fingerprint density at radius 3 is 2.33 bits per heavy atom. The molecule has 0 saturated heterocycles. The molecule has 5 heteroatoms. The van der Waals surface area contributed by atoms with Crippen molar-refractivity contribution in [2.75, 3.05) is 19.0 Å². The van der Waals surface area contributed by atoms with E-state index in [1.54, 1.807) is 31.1 Å². The molecule has 0 aromatic heterocycles. The molecule has 1 unspecified atom stereocenters. The minimum Gasteiger partial charge on any atom is -0.378 e. The first-order valence-electron chi connectivity index (χ1n) is 4.42. The number of alkyl halides is 3. The molecule has 2 N–H and O–H groups in total. The molecule has 0 bridgehead atoms. The van der Waals surface area contributed by atoms with Gasteiger partial charge in [-0.25, -0.2) is 0 Å². The minimum atomic E-state index is -4.40. The zero-order valence-corrected chi connectivity index (χ0v) is 8.55. The van der Waals surface area contributed by atoms with Crippen molar-refractivity contribution in [1.29, 1.82) is 0 Å². The first-order chi connectivity index (χ1) is 6.82. The summed E-state index contributed by atoms with van der Waals surface area (Å²) in [7, 11) is 3.52. The Hall–Kier alpha value is -1.23. The summed E-state index contributed by atoms with van der Waals surface area (Å²) in [5.41, 5.74) is 5.88. The highest BCUT2D eigenvalue weighted by Gasteiger charge is 2.37. The number of hydrogen-bond acceptors (Lipinski definition) is 2. The van der Waals surface area contributed by atoms with Gasteiger partial charge in [-0.1, -0.05) is 12.1 Å². The van der Waals surface area contributed by atoms with Crippen LogP contribution in [-0.2, 0) is 0 Å². The van der Waals surface area contributed by atoms with E-state index in [1.165, 1.54) is 12.1 Å². The second-order valence-electron chi connectivity index (χ2n) is 3.51. The normalized spacial score (nSPS) is 13.7. The molecule has 1 rings (SSSR count). The van der Waals surface area contributed by atoms with E-state index in [2.05, 4.69) is 0 Å². The van der Waals surface area contributed by atoms with E-state index < -0.39 is 12.2 Å². The van der Waals surface area contributed by atoms with Crippen LogP contribution in [0, 0.1) is 0 Å². The lowest BCUT2D eigenvalue weighted by atomic mass is 10.1. The van der Waals surface area contributed by atoms with Crippen molar-refractivity contribution >= 4 is 5.69 Å². The molecular formula is C10H13F3N2. The van der Waals surface area contributed by atoms with Crippen LogP contribution < -0.4 is 10.6 Å². The van der Waals surface area contributed by atoms with Gasteiger partial charge in [-0.15, -0.1) is 0 Å². The molecule has 0 heterocycles. The van der Waals surface area contributed by atoms with Crippen molar-refractivity contribution in [2.24, 2.45) is 5.73 Å². The van der Waals surface area contributed by atoms with Crippen LogP contribution >= 0.6 is 0 Å². The Labute approximate surface area is 86.5 Å². The largest absolute Gasteiger partial charge is 0.407 e. The van der Waals surface area contributed by atoms with Gasteiger partial charge >= 0.3 is 6.18 Å². The Morgan fingerprint density at radius 1 is 1.27 bits per heavy atom. The first kappa shape index (κ1) is 11.8. The maximum Gasteiger partial charge on any atom is 0.407 e. The topological polar surface area (TPSA) is 29.3 Å². The second-order valence-corrected chi connectivity index (χ2v) is 3.51. The Balaban J connectivity index is 3.00. The summed E-state index contributed by atoms with van der Waals surface area (Å²) in [6.07, 6.45) is -4.40. The average Bonchev–Trinajstić information content (AvgIpc) is 2.15. The number of nitrogens with zero attached hydrogens (tertiary/aromatic N) is 1. The van der Waals surface area contributed by atoms with E-state index in [-0.39, 0.29) is 5.56 Å². The van der Waals surface area contributed by atoms with Crippen LogP contribution in [0.25, 0.3) is 0 Å². The predicted molar refractivity (Wildman–Crippen MR) is 53.8 cm³/mol. The number of benzene rings is 1. The molecule has 0 aliphatic heterocycles. The fourth-order valence-corrected chi connectivity index (χ4v) is 1.19. The number of anilines is 1. The standard InChI is InChI=1S/C10H13F3N2/c1-15(2)8-5-3-4-7(6-8)9(14)10(11,12)13/h3-6,9H,14H2,1-2H3. The van der Waals surface area contributed by atoms with Gasteiger partial charge in [0.15, 0.2) is 0 Å². The molecule has 0 radical (unpaired) electrons. The van der Waals surface area contributed by atoms with Crippen LogP contribution in [0.3, 0.4) is 0 Å². The molecule has 0 amide bonds. The number of hydrogen-bond donors (Lipinski definition) is 1. The SMILES string of the molecule is CN(C)c1cccc(C(N)C(F)(F)F)c1. The maximum atomic E-state index is 12.3. The van der Waals surface area contributed by atoms with Crippen molar-refractivity contribution in [3.8, 4) is 0 Å². The van der Waals surface area contributed by atoms with Gasteiger partial charge in [0, 0.05) is 19.8 Å². The van der Waals surface area contributed by atoms with Crippen LogP contribution in [0.1, 0.15) is 11.6 Å². The van der Waals surface area contributed by atoms with E-state index in [0.717, 1.165) is 0 Å². The molecule has 1 aromatic rings. The van der Waals surface area contributed by atoms with Gasteiger partial charge < -0.3 is 10.6 Å². The van der Waals surface area contributed by atoms with Crippen molar-refractivity contribution in [1.82, 2.24) is 0 Å². The predicted octanol–water partition coefficient (Wildman–Crippen LogP) is 2.31. The maximum absolute atomic E-state index is 12.3.